The maximum Gasteiger partial charge on any atom is 0.257 e. The van der Waals surface area contributed by atoms with Crippen LogP contribution in [0.3, 0.4) is 0 Å². The molecule has 1 saturated heterocycles. The zero-order valence-corrected chi connectivity index (χ0v) is 10.4. The van der Waals surface area contributed by atoms with E-state index in [-0.39, 0.29) is 12.0 Å². The second kappa shape index (κ2) is 5.14. The Balaban J connectivity index is 1.60. The second-order valence-corrected chi connectivity index (χ2v) is 4.46. The SMILES string of the molecule is O=C(c1ccoc1)N1CCC(Oc2ccccn2)C1. The van der Waals surface area contributed by atoms with E-state index in [4.69, 9.17) is 9.15 Å². The molecule has 0 N–H and O–H groups in total. The van der Waals surface area contributed by atoms with E-state index < -0.39 is 0 Å². The van der Waals surface area contributed by atoms with Crippen molar-refractivity contribution in [2.75, 3.05) is 13.1 Å². The molecule has 2 aromatic rings. The van der Waals surface area contributed by atoms with E-state index in [9.17, 15) is 4.79 Å². The fourth-order valence-electron chi connectivity index (χ4n) is 2.17. The number of nitrogens with zero attached hydrogens (tertiary/aromatic N) is 2. The molecule has 5 heteroatoms. The summed E-state index contributed by atoms with van der Waals surface area (Å²) in [4.78, 5) is 18.0. The minimum absolute atomic E-state index is 0.00533. The van der Waals surface area contributed by atoms with Crippen LogP contribution in [0.1, 0.15) is 16.8 Å². The summed E-state index contributed by atoms with van der Waals surface area (Å²) < 4.78 is 10.7. The van der Waals surface area contributed by atoms with Crippen molar-refractivity contribution in [1.29, 1.82) is 0 Å². The first-order chi connectivity index (χ1) is 9.33. The van der Waals surface area contributed by atoms with Crippen LogP contribution in [0.25, 0.3) is 0 Å². The first-order valence-corrected chi connectivity index (χ1v) is 6.22. The molecule has 1 unspecified atom stereocenters. The summed E-state index contributed by atoms with van der Waals surface area (Å²) in [5.41, 5.74) is 0.582. The van der Waals surface area contributed by atoms with Crippen molar-refractivity contribution in [2.45, 2.75) is 12.5 Å². The molecule has 1 amide bonds. The number of carbonyl (C=O) groups is 1. The Morgan fingerprint density at radius 2 is 2.37 bits per heavy atom. The van der Waals surface area contributed by atoms with Gasteiger partial charge in [-0.15, -0.1) is 0 Å². The van der Waals surface area contributed by atoms with Crippen LogP contribution in [0.15, 0.2) is 47.4 Å². The van der Waals surface area contributed by atoms with Gasteiger partial charge in [-0.05, 0) is 12.1 Å². The number of ether oxygens (including phenoxy) is 1. The summed E-state index contributed by atoms with van der Waals surface area (Å²) in [6.45, 7) is 1.28. The molecule has 0 bridgehead atoms. The second-order valence-electron chi connectivity index (χ2n) is 4.46. The Kier molecular flexibility index (Phi) is 3.18. The zero-order chi connectivity index (χ0) is 13.1. The van der Waals surface area contributed by atoms with Gasteiger partial charge < -0.3 is 14.1 Å². The van der Waals surface area contributed by atoms with Gasteiger partial charge in [0, 0.05) is 25.2 Å². The van der Waals surface area contributed by atoms with E-state index in [0.717, 1.165) is 6.42 Å². The number of aromatic nitrogens is 1. The van der Waals surface area contributed by atoms with Crippen molar-refractivity contribution >= 4 is 5.91 Å². The van der Waals surface area contributed by atoms with Crippen molar-refractivity contribution in [3.63, 3.8) is 0 Å². The summed E-state index contributed by atoms with van der Waals surface area (Å²) in [5, 5.41) is 0. The lowest BCUT2D eigenvalue weighted by atomic mass is 10.3. The van der Waals surface area contributed by atoms with Gasteiger partial charge in [0.05, 0.1) is 18.4 Å². The zero-order valence-electron chi connectivity index (χ0n) is 10.4. The quantitative estimate of drug-likeness (QED) is 0.844. The average molecular weight is 258 g/mol. The third-order valence-corrected chi connectivity index (χ3v) is 3.13. The molecule has 1 fully saturated rings. The number of hydrogen-bond acceptors (Lipinski definition) is 4. The number of likely N-dealkylation sites (tertiary alicyclic amines) is 1. The molecule has 0 radical (unpaired) electrons. The van der Waals surface area contributed by atoms with Gasteiger partial charge in [0.25, 0.3) is 5.91 Å². The first-order valence-electron chi connectivity index (χ1n) is 6.22. The molecule has 5 nitrogen and oxygen atoms in total. The van der Waals surface area contributed by atoms with Gasteiger partial charge in [-0.3, -0.25) is 4.79 Å². The van der Waals surface area contributed by atoms with Crippen LogP contribution < -0.4 is 4.74 Å². The van der Waals surface area contributed by atoms with E-state index in [0.29, 0.717) is 24.5 Å². The molecule has 1 aliphatic rings. The van der Waals surface area contributed by atoms with Gasteiger partial charge in [0.2, 0.25) is 5.88 Å². The van der Waals surface area contributed by atoms with Crippen molar-refractivity contribution in [3.8, 4) is 5.88 Å². The van der Waals surface area contributed by atoms with Crippen molar-refractivity contribution in [3.05, 3.63) is 48.6 Å². The lowest BCUT2D eigenvalue weighted by molar-refractivity contribution is 0.0770. The number of rotatable bonds is 3. The third-order valence-electron chi connectivity index (χ3n) is 3.13. The van der Waals surface area contributed by atoms with E-state index >= 15 is 0 Å². The van der Waals surface area contributed by atoms with Gasteiger partial charge >= 0.3 is 0 Å². The van der Waals surface area contributed by atoms with Crippen LogP contribution in [-0.2, 0) is 0 Å². The van der Waals surface area contributed by atoms with Crippen LogP contribution in [0, 0.1) is 0 Å². The molecule has 2 aromatic heterocycles. The number of pyridine rings is 1. The lowest BCUT2D eigenvalue weighted by Crippen LogP contribution is -2.30. The largest absolute Gasteiger partial charge is 0.472 e. The fourth-order valence-corrected chi connectivity index (χ4v) is 2.17. The third kappa shape index (κ3) is 2.59. The van der Waals surface area contributed by atoms with E-state index in [1.165, 1.54) is 12.5 Å². The molecule has 0 aromatic carbocycles. The topological polar surface area (TPSA) is 55.6 Å². The van der Waals surface area contributed by atoms with Gasteiger partial charge in [-0.1, -0.05) is 6.07 Å². The van der Waals surface area contributed by atoms with E-state index in [1.54, 1.807) is 17.2 Å². The van der Waals surface area contributed by atoms with E-state index in [1.807, 2.05) is 18.2 Å². The van der Waals surface area contributed by atoms with Gasteiger partial charge in [-0.2, -0.15) is 0 Å². The molecule has 3 rings (SSSR count). The van der Waals surface area contributed by atoms with Crippen LogP contribution in [0.2, 0.25) is 0 Å². The van der Waals surface area contributed by atoms with Crippen LogP contribution in [0.5, 0.6) is 5.88 Å². The minimum atomic E-state index is -0.0131. The lowest BCUT2D eigenvalue weighted by Gasteiger charge is -2.16. The summed E-state index contributed by atoms with van der Waals surface area (Å²) in [5.74, 6) is 0.589. The molecule has 98 valence electrons. The monoisotopic (exact) mass is 258 g/mol. The maximum absolute atomic E-state index is 12.1. The Bertz CT molecular complexity index is 539. The smallest absolute Gasteiger partial charge is 0.257 e. The highest BCUT2D eigenvalue weighted by atomic mass is 16.5. The molecular weight excluding hydrogens is 244 g/mol. The van der Waals surface area contributed by atoms with Gasteiger partial charge in [0.1, 0.15) is 12.4 Å². The summed E-state index contributed by atoms with van der Waals surface area (Å²) in [6, 6.07) is 7.22. The highest BCUT2D eigenvalue weighted by Gasteiger charge is 2.28. The van der Waals surface area contributed by atoms with Gasteiger partial charge in [0.15, 0.2) is 0 Å². The number of amides is 1. The Morgan fingerprint density at radius 3 is 3.11 bits per heavy atom. The maximum atomic E-state index is 12.1. The summed E-state index contributed by atoms with van der Waals surface area (Å²) in [6.07, 6.45) is 5.49. The molecule has 1 aliphatic heterocycles. The molecule has 19 heavy (non-hydrogen) atoms. The predicted octanol–water partition coefficient (Wildman–Crippen LogP) is 1.97. The minimum Gasteiger partial charge on any atom is -0.472 e. The van der Waals surface area contributed by atoms with Crippen molar-refractivity contribution < 1.29 is 13.9 Å². The highest BCUT2D eigenvalue weighted by Crippen LogP contribution is 2.18. The van der Waals surface area contributed by atoms with Crippen LogP contribution >= 0.6 is 0 Å². The average Bonchev–Trinajstić information content (AvgIpc) is 3.10. The highest BCUT2D eigenvalue weighted by molar-refractivity contribution is 5.94. The van der Waals surface area contributed by atoms with Gasteiger partial charge in [-0.25, -0.2) is 4.98 Å². The Morgan fingerprint density at radius 1 is 1.42 bits per heavy atom. The number of hydrogen-bond donors (Lipinski definition) is 0. The first kappa shape index (κ1) is 11.8. The van der Waals surface area contributed by atoms with Crippen LogP contribution in [-0.4, -0.2) is 35.0 Å². The molecule has 1 atom stereocenters. The standard InChI is InChI=1S/C14H14N2O3/c17-14(11-5-8-18-10-11)16-7-4-12(9-16)19-13-3-1-2-6-15-13/h1-3,5-6,8,10,12H,4,7,9H2. The fraction of sp³-hybridized carbons (Fsp3) is 0.286. The molecule has 0 spiro atoms. The normalized spacial score (nSPS) is 18.5. The predicted molar refractivity (Wildman–Crippen MR) is 67.9 cm³/mol. The van der Waals surface area contributed by atoms with Crippen molar-refractivity contribution in [2.24, 2.45) is 0 Å². The summed E-state index contributed by atoms with van der Waals surface area (Å²) >= 11 is 0. The Labute approximate surface area is 110 Å². The van der Waals surface area contributed by atoms with Crippen molar-refractivity contribution in [1.82, 2.24) is 9.88 Å². The number of furan rings is 1. The molecule has 0 saturated carbocycles. The molecule has 3 heterocycles. The van der Waals surface area contributed by atoms with E-state index in [2.05, 4.69) is 4.98 Å². The molecular formula is C14H14N2O3. The molecule has 0 aliphatic carbocycles. The Hall–Kier alpha value is -2.30. The van der Waals surface area contributed by atoms with Crippen LogP contribution in [0.4, 0.5) is 0 Å². The number of carbonyl (C=O) groups excluding carboxylic acids is 1. The summed E-state index contributed by atoms with van der Waals surface area (Å²) in [7, 11) is 0.